The monoisotopic (exact) mass is 399 g/mol. The molecule has 0 spiro atoms. The molecule has 6 nitrogen and oxygen atoms in total. The largest absolute Gasteiger partial charge is 0.339 e. The van der Waals surface area contributed by atoms with Crippen LogP contribution in [-0.2, 0) is 17.8 Å². The van der Waals surface area contributed by atoms with Gasteiger partial charge in [0, 0.05) is 36.3 Å². The molecule has 0 bridgehead atoms. The quantitative estimate of drug-likeness (QED) is 0.553. The van der Waals surface area contributed by atoms with Gasteiger partial charge in [0.05, 0.1) is 24.3 Å². The van der Waals surface area contributed by atoms with Crippen LogP contribution in [0.3, 0.4) is 0 Å². The predicted molar refractivity (Wildman–Crippen MR) is 117 cm³/mol. The zero-order chi connectivity index (χ0) is 20.5. The summed E-state index contributed by atoms with van der Waals surface area (Å²) in [4.78, 5) is 14.9. The first-order valence-corrected chi connectivity index (χ1v) is 10.5. The zero-order valence-corrected chi connectivity index (χ0v) is 17.0. The molecule has 2 unspecified atom stereocenters. The number of hydrogen-bond donors (Lipinski definition) is 1. The second-order valence-corrected chi connectivity index (χ2v) is 8.25. The number of rotatable bonds is 5. The van der Waals surface area contributed by atoms with Crippen molar-refractivity contribution in [1.29, 1.82) is 0 Å². The summed E-state index contributed by atoms with van der Waals surface area (Å²) in [6.45, 7) is 3.77. The van der Waals surface area contributed by atoms with E-state index in [1.807, 2.05) is 53.8 Å². The smallest absolute Gasteiger partial charge is 0.227 e. The number of carbonyl (C=O) groups is 1. The Morgan fingerprint density at radius 1 is 1.13 bits per heavy atom. The van der Waals surface area contributed by atoms with Gasteiger partial charge in [0.1, 0.15) is 0 Å². The molecule has 0 aliphatic carbocycles. The van der Waals surface area contributed by atoms with Gasteiger partial charge in [0.15, 0.2) is 0 Å². The molecule has 6 heteroatoms. The van der Waals surface area contributed by atoms with Crippen LogP contribution in [0.4, 0.5) is 0 Å². The Hall–Kier alpha value is -3.41. The molecule has 5 rings (SSSR count). The maximum Gasteiger partial charge on any atom is 0.227 e. The third-order valence-electron chi connectivity index (χ3n) is 6.08. The molecular weight excluding hydrogens is 374 g/mol. The fourth-order valence-corrected chi connectivity index (χ4v) is 4.56. The third kappa shape index (κ3) is 3.61. The highest BCUT2D eigenvalue weighted by molar-refractivity contribution is 5.84. The first-order chi connectivity index (χ1) is 14.7. The van der Waals surface area contributed by atoms with Crippen LogP contribution in [0.1, 0.15) is 18.9 Å². The van der Waals surface area contributed by atoms with Gasteiger partial charge in [0.25, 0.3) is 0 Å². The SMILES string of the molecule is CC1CC(Cn2ncc3cc(-c4cn[nH]c4)ccc32)CN1C(=O)Cc1ccccc1. The van der Waals surface area contributed by atoms with Crippen molar-refractivity contribution in [3.05, 3.63) is 72.7 Å². The van der Waals surface area contributed by atoms with Gasteiger partial charge in [-0.15, -0.1) is 0 Å². The van der Waals surface area contributed by atoms with Crippen LogP contribution in [0.25, 0.3) is 22.0 Å². The summed E-state index contributed by atoms with van der Waals surface area (Å²) in [5.41, 5.74) is 4.40. The van der Waals surface area contributed by atoms with Crippen molar-refractivity contribution in [1.82, 2.24) is 24.9 Å². The summed E-state index contributed by atoms with van der Waals surface area (Å²) in [6.07, 6.45) is 7.13. The van der Waals surface area contributed by atoms with Gasteiger partial charge < -0.3 is 4.90 Å². The summed E-state index contributed by atoms with van der Waals surface area (Å²) < 4.78 is 2.08. The van der Waals surface area contributed by atoms with Gasteiger partial charge in [-0.25, -0.2) is 0 Å². The molecule has 0 radical (unpaired) electrons. The highest BCUT2D eigenvalue weighted by Gasteiger charge is 2.32. The molecule has 4 aromatic rings. The van der Waals surface area contributed by atoms with E-state index < -0.39 is 0 Å². The number of carbonyl (C=O) groups excluding carboxylic acids is 1. The number of aromatic amines is 1. The molecular formula is C24H25N5O. The van der Waals surface area contributed by atoms with Gasteiger partial charge >= 0.3 is 0 Å². The van der Waals surface area contributed by atoms with Gasteiger partial charge in [-0.05, 0) is 42.5 Å². The fraction of sp³-hybridized carbons (Fsp3) is 0.292. The normalized spacial score (nSPS) is 18.9. The van der Waals surface area contributed by atoms with Crippen molar-refractivity contribution in [2.75, 3.05) is 6.54 Å². The van der Waals surface area contributed by atoms with E-state index in [4.69, 9.17) is 0 Å². The molecule has 30 heavy (non-hydrogen) atoms. The topological polar surface area (TPSA) is 66.8 Å². The second kappa shape index (κ2) is 7.78. The van der Waals surface area contributed by atoms with Crippen molar-refractivity contribution < 1.29 is 4.79 Å². The van der Waals surface area contributed by atoms with Crippen molar-refractivity contribution >= 4 is 16.8 Å². The zero-order valence-electron chi connectivity index (χ0n) is 17.0. The first kappa shape index (κ1) is 18.6. The summed E-state index contributed by atoms with van der Waals surface area (Å²) in [6, 6.07) is 16.6. The van der Waals surface area contributed by atoms with Gasteiger partial charge in [0.2, 0.25) is 5.91 Å². The second-order valence-electron chi connectivity index (χ2n) is 8.25. The molecule has 1 N–H and O–H groups in total. The van der Waals surface area contributed by atoms with Crippen molar-refractivity contribution in [2.45, 2.75) is 32.4 Å². The highest BCUT2D eigenvalue weighted by Crippen LogP contribution is 2.28. The lowest BCUT2D eigenvalue weighted by Crippen LogP contribution is -2.35. The lowest BCUT2D eigenvalue weighted by atomic mass is 10.1. The number of benzene rings is 2. The van der Waals surface area contributed by atoms with E-state index in [9.17, 15) is 4.79 Å². The molecule has 2 aromatic heterocycles. The van der Waals surface area contributed by atoms with E-state index in [2.05, 4.69) is 45.1 Å². The Balaban J connectivity index is 1.28. The molecule has 2 atom stereocenters. The Bertz CT molecular complexity index is 1150. The summed E-state index contributed by atoms with van der Waals surface area (Å²) in [5, 5.41) is 12.6. The van der Waals surface area contributed by atoms with E-state index in [0.717, 1.165) is 47.1 Å². The van der Waals surface area contributed by atoms with Crippen LogP contribution < -0.4 is 0 Å². The van der Waals surface area contributed by atoms with Gasteiger partial charge in [-0.3, -0.25) is 14.6 Å². The summed E-state index contributed by atoms with van der Waals surface area (Å²) in [5.74, 6) is 0.627. The number of nitrogens with zero attached hydrogens (tertiary/aromatic N) is 4. The van der Waals surface area contributed by atoms with Crippen molar-refractivity contribution in [3.63, 3.8) is 0 Å². The van der Waals surface area contributed by atoms with Crippen LogP contribution >= 0.6 is 0 Å². The van der Waals surface area contributed by atoms with Crippen LogP contribution in [0.2, 0.25) is 0 Å². The number of hydrogen-bond acceptors (Lipinski definition) is 3. The molecule has 152 valence electrons. The lowest BCUT2D eigenvalue weighted by molar-refractivity contribution is -0.131. The lowest BCUT2D eigenvalue weighted by Gasteiger charge is -2.21. The number of fused-ring (bicyclic) bond motifs is 1. The van der Waals surface area contributed by atoms with Crippen molar-refractivity contribution in [2.24, 2.45) is 5.92 Å². The minimum Gasteiger partial charge on any atom is -0.339 e. The van der Waals surface area contributed by atoms with E-state index in [1.165, 1.54) is 0 Å². The Morgan fingerprint density at radius 2 is 2.00 bits per heavy atom. The minimum absolute atomic E-state index is 0.214. The Morgan fingerprint density at radius 3 is 2.80 bits per heavy atom. The maximum atomic E-state index is 12.8. The Kier molecular flexibility index (Phi) is 4.83. The number of H-pyrrole nitrogens is 1. The number of amides is 1. The predicted octanol–water partition coefficient (Wildman–Crippen LogP) is 3.91. The van der Waals surface area contributed by atoms with Crippen LogP contribution in [0, 0.1) is 5.92 Å². The number of likely N-dealkylation sites (tertiary alicyclic amines) is 1. The third-order valence-corrected chi connectivity index (χ3v) is 6.08. The average molecular weight is 399 g/mol. The van der Waals surface area contributed by atoms with Crippen LogP contribution in [0.5, 0.6) is 0 Å². The van der Waals surface area contributed by atoms with Crippen molar-refractivity contribution in [3.8, 4) is 11.1 Å². The standard InChI is InChI=1S/C24H25N5O/c1-17-9-19(15-28(17)24(30)10-18-5-3-2-4-6-18)16-29-23-8-7-20(11-21(23)14-27-29)22-12-25-26-13-22/h2-8,11-14,17,19H,9-10,15-16H2,1H3,(H,25,26). The minimum atomic E-state index is 0.214. The van der Waals surface area contributed by atoms with E-state index in [-0.39, 0.29) is 11.9 Å². The summed E-state index contributed by atoms with van der Waals surface area (Å²) >= 11 is 0. The molecule has 1 aliphatic heterocycles. The van der Waals surface area contributed by atoms with E-state index in [1.54, 1.807) is 0 Å². The van der Waals surface area contributed by atoms with E-state index in [0.29, 0.717) is 12.3 Å². The molecule has 1 aliphatic rings. The molecule has 0 saturated carbocycles. The van der Waals surface area contributed by atoms with Gasteiger partial charge in [-0.1, -0.05) is 36.4 Å². The Labute approximate surface area is 175 Å². The molecule has 3 heterocycles. The molecule has 1 saturated heterocycles. The van der Waals surface area contributed by atoms with E-state index >= 15 is 0 Å². The number of nitrogens with one attached hydrogen (secondary N) is 1. The molecule has 2 aromatic carbocycles. The summed E-state index contributed by atoms with van der Waals surface area (Å²) in [7, 11) is 0. The number of aromatic nitrogens is 4. The van der Waals surface area contributed by atoms with Crippen LogP contribution in [0.15, 0.2) is 67.1 Å². The van der Waals surface area contributed by atoms with Crippen LogP contribution in [-0.4, -0.2) is 43.4 Å². The first-order valence-electron chi connectivity index (χ1n) is 10.5. The fourth-order valence-electron chi connectivity index (χ4n) is 4.56. The maximum absolute atomic E-state index is 12.8. The van der Waals surface area contributed by atoms with Gasteiger partial charge in [-0.2, -0.15) is 10.2 Å². The average Bonchev–Trinajstić information content (AvgIpc) is 3.49. The molecule has 1 amide bonds. The highest BCUT2D eigenvalue weighted by atomic mass is 16.2. The molecule has 1 fully saturated rings.